The van der Waals surface area contributed by atoms with Gasteiger partial charge in [-0.3, -0.25) is 4.90 Å². The number of hydrogen-bond acceptors (Lipinski definition) is 5. The Morgan fingerprint density at radius 1 is 1.21 bits per heavy atom. The van der Waals surface area contributed by atoms with Crippen LogP contribution in [0.25, 0.3) is 10.9 Å². The van der Waals surface area contributed by atoms with E-state index in [9.17, 15) is 10.2 Å². The van der Waals surface area contributed by atoms with Crippen LogP contribution in [0.2, 0.25) is 0 Å². The maximum atomic E-state index is 10.7. The molecule has 4 unspecified atom stereocenters. The molecule has 6 nitrogen and oxygen atoms in total. The fraction of sp³-hybridized carbons (Fsp3) is 0.636. The monoisotopic (exact) mass is 386 g/mol. The Labute approximate surface area is 165 Å². The minimum atomic E-state index is -0.285. The fourth-order valence-electron chi connectivity index (χ4n) is 6.64. The van der Waals surface area contributed by atoms with Gasteiger partial charge in [0.05, 0.1) is 20.8 Å². The van der Waals surface area contributed by atoms with Gasteiger partial charge in [0, 0.05) is 53.8 Å². The summed E-state index contributed by atoms with van der Waals surface area (Å²) in [6, 6.07) is 4.37. The number of fused-ring (bicyclic) bond motifs is 4. The Morgan fingerprint density at radius 3 is 2.71 bits per heavy atom. The number of nitrogens with one attached hydrogen (secondary N) is 1. The number of nitrogens with zero attached hydrogens (tertiary/aromatic N) is 1. The summed E-state index contributed by atoms with van der Waals surface area (Å²) < 4.78 is 11.0. The maximum Gasteiger partial charge on any atom is 0.162 e. The van der Waals surface area contributed by atoms with Crippen LogP contribution in [0.4, 0.5) is 0 Å². The van der Waals surface area contributed by atoms with Crippen LogP contribution < -0.4 is 9.47 Å². The average molecular weight is 386 g/mol. The van der Waals surface area contributed by atoms with Crippen molar-refractivity contribution < 1.29 is 19.7 Å². The lowest BCUT2D eigenvalue weighted by Crippen LogP contribution is -2.65. The van der Waals surface area contributed by atoms with E-state index in [0.29, 0.717) is 11.8 Å². The number of aliphatic hydroxyl groups excluding tert-OH is 2. The molecular weight excluding hydrogens is 356 g/mol. The molecule has 1 aromatic heterocycles. The van der Waals surface area contributed by atoms with Gasteiger partial charge in [0.1, 0.15) is 0 Å². The van der Waals surface area contributed by atoms with Crippen molar-refractivity contribution in [3.8, 4) is 11.5 Å². The lowest BCUT2D eigenvalue weighted by Gasteiger charge is -2.59. The van der Waals surface area contributed by atoms with Crippen molar-refractivity contribution in [2.24, 2.45) is 11.8 Å². The Bertz CT molecular complexity index is 894. The molecule has 3 N–H and O–H groups in total. The molecule has 4 aliphatic rings. The summed E-state index contributed by atoms with van der Waals surface area (Å²) in [7, 11) is 3.33. The first kappa shape index (κ1) is 18.3. The van der Waals surface area contributed by atoms with E-state index >= 15 is 0 Å². The van der Waals surface area contributed by atoms with Crippen LogP contribution in [0.1, 0.15) is 30.5 Å². The molecule has 152 valence electrons. The third-order valence-electron chi connectivity index (χ3n) is 7.53. The SMILES string of the molecule is COc1cc2[nH]c3c(c2cc1OC)CCN1C[C@H]2CC(CCO)C1C3(CO)C2. The molecule has 2 aromatic rings. The van der Waals surface area contributed by atoms with Crippen molar-refractivity contribution >= 4 is 10.9 Å². The van der Waals surface area contributed by atoms with Crippen molar-refractivity contribution in [3.63, 3.8) is 0 Å². The first-order valence-electron chi connectivity index (χ1n) is 10.4. The van der Waals surface area contributed by atoms with Crippen molar-refractivity contribution in [3.05, 3.63) is 23.4 Å². The normalized spacial score (nSPS) is 33.6. The Balaban J connectivity index is 1.71. The molecule has 1 saturated carbocycles. The highest BCUT2D eigenvalue weighted by Gasteiger charge is 2.58. The van der Waals surface area contributed by atoms with Gasteiger partial charge in [-0.15, -0.1) is 0 Å². The summed E-state index contributed by atoms with van der Waals surface area (Å²) in [4.78, 5) is 6.28. The predicted octanol–water partition coefficient (Wildman–Crippen LogP) is 2.06. The Kier molecular flexibility index (Phi) is 4.34. The van der Waals surface area contributed by atoms with Crippen LogP contribution in [-0.2, 0) is 11.8 Å². The summed E-state index contributed by atoms with van der Waals surface area (Å²) >= 11 is 0. The Hall–Kier alpha value is -1.76. The Morgan fingerprint density at radius 2 is 2.00 bits per heavy atom. The van der Waals surface area contributed by atoms with Crippen LogP contribution in [0.5, 0.6) is 11.5 Å². The van der Waals surface area contributed by atoms with Gasteiger partial charge in [0.25, 0.3) is 0 Å². The third kappa shape index (κ3) is 2.38. The van der Waals surface area contributed by atoms with Crippen LogP contribution in [0.15, 0.2) is 12.1 Å². The minimum absolute atomic E-state index is 0.140. The molecule has 28 heavy (non-hydrogen) atoms. The van der Waals surface area contributed by atoms with E-state index in [1.807, 2.05) is 6.07 Å². The lowest BCUT2D eigenvalue weighted by molar-refractivity contribution is -0.0815. The molecule has 3 fully saturated rings. The molecule has 3 aliphatic heterocycles. The molecule has 5 atom stereocenters. The zero-order chi connectivity index (χ0) is 19.5. The quantitative estimate of drug-likeness (QED) is 0.733. The van der Waals surface area contributed by atoms with Crippen LogP contribution in [0, 0.1) is 11.8 Å². The second kappa shape index (κ2) is 6.65. The molecular formula is C22H30N2O4. The van der Waals surface area contributed by atoms with Crippen LogP contribution in [-0.4, -0.2) is 66.7 Å². The molecule has 0 radical (unpaired) electrons. The molecule has 1 aromatic carbocycles. The molecule has 4 heterocycles. The molecule has 4 bridgehead atoms. The first-order valence-corrected chi connectivity index (χ1v) is 10.4. The minimum Gasteiger partial charge on any atom is -0.493 e. The molecule has 0 amide bonds. The van der Waals surface area contributed by atoms with E-state index in [-0.39, 0.29) is 24.7 Å². The van der Waals surface area contributed by atoms with Crippen molar-refractivity contribution in [1.29, 1.82) is 0 Å². The average Bonchev–Trinajstić information content (AvgIpc) is 3.04. The van der Waals surface area contributed by atoms with Gasteiger partial charge in [-0.2, -0.15) is 0 Å². The van der Waals surface area contributed by atoms with Crippen LogP contribution in [0.3, 0.4) is 0 Å². The smallest absolute Gasteiger partial charge is 0.162 e. The highest BCUT2D eigenvalue weighted by atomic mass is 16.5. The van der Waals surface area contributed by atoms with Gasteiger partial charge in [0.15, 0.2) is 11.5 Å². The largest absolute Gasteiger partial charge is 0.493 e. The zero-order valence-electron chi connectivity index (χ0n) is 16.7. The van der Waals surface area contributed by atoms with E-state index in [1.54, 1.807) is 14.2 Å². The zero-order valence-corrected chi connectivity index (χ0v) is 16.7. The number of H-pyrrole nitrogens is 1. The van der Waals surface area contributed by atoms with E-state index < -0.39 is 0 Å². The van der Waals surface area contributed by atoms with Crippen molar-refractivity contribution in [2.45, 2.75) is 37.1 Å². The number of hydrogen-bond donors (Lipinski definition) is 3. The number of rotatable bonds is 5. The van der Waals surface area contributed by atoms with E-state index in [1.165, 1.54) is 23.1 Å². The number of aromatic amines is 1. The summed E-state index contributed by atoms with van der Waals surface area (Å²) in [6.45, 7) is 2.48. The molecule has 2 saturated heterocycles. The number of aliphatic hydroxyl groups is 2. The summed E-state index contributed by atoms with van der Waals surface area (Å²) in [5.74, 6) is 2.47. The van der Waals surface area contributed by atoms with Gasteiger partial charge in [-0.25, -0.2) is 0 Å². The van der Waals surface area contributed by atoms with Gasteiger partial charge in [-0.05, 0) is 49.1 Å². The van der Waals surface area contributed by atoms with Crippen LogP contribution >= 0.6 is 0 Å². The van der Waals surface area contributed by atoms with E-state index in [4.69, 9.17) is 9.47 Å². The van der Waals surface area contributed by atoms with Gasteiger partial charge < -0.3 is 24.7 Å². The number of aromatic nitrogens is 1. The molecule has 1 aliphatic carbocycles. The van der Waals surface area contributed by atoms with Crippen molar-refractivity contribution in [2.75, 3.05) is 40.5 Å². The summed E-state index contributed by atoms with van der Waals surface area (Å²) in [5, 5.41) is 21.6. The predicted molar refractivity (Wildman–Crippen MR) is 107 cm³/mol. The van der Waals surface area contributed by atoms with Gasteiger partial charge >= 0.3 is 0 Å². The highest BCUT2D eigenvalue weighted by molar-refractivity contribution is 5.88. The van der Waals surface area contributed by atoms with E-state index in [2.05, 4.69) is 16.0 Å². The van der Waals surface area contributed by atoms with Gasteiger partial charge in [-0.1, -0.05) is 0 Å². The molecule has 6 heteroatoms. The molecule has 6 rings (SSSR count). The fourth-order valence-corrected chi connectivity index (χ4v) is 6.64. The van der Waals surface area contributed by atoms with E-state index in [0.717, 1.165) is 49.4 Å². The summed E-state index contributed by atoms with van der Waals surface area (Å²) in [6.07, 6.45) is 3.96. The standard InChI is InChI=1S/C22H30N2O4/c1-27-18-8-16-15-3-5-24-11-13-7-14(4-6-25)21(24)22(10-13,12-26)20(15)23-17(16)9-19(18)28-2/h8-9,13-14,21,23,25-26H,3-7,10-12H2,1-2H3/t13-,14?,21?,22?/m0/s1. The second-order valence-corrected chi connectivity index (χ2v) is 8.81. The molecule has 0 spiro atoms. The second-order valence-electron chi connectivity index (χ2n) is 8.81. The highest BCUT2D eigenvalue weighted by Crippen LogP contribution is 2.55. The number of methoxy groups -OCH3 is 2. The number of piperidine rings is 2. The topological polar surface area (TPSA) is 78.0 Å². The number of benzene rings is 1. The number of ether oxygens (including phenoxy) is 2. The lowest BCUT2D eigenvalue weighted by atomic mass is 9.56. The maximum absolute atomic E-state index is 10.7. The third-order valence-corrected chi connectivity index (χ3v) is 7.53. The first-order chi connectivity index (χ1) is 13.6. The summed E-state index contributed by atoms with van der Waals surface area (Å²) in [5.41, 5.74) is 3.26. The van der Waals surface area contributed by atoms with Crippen molar-refractivity contribution in [1.82, 2.24) is 9.88 Å². The van der Waals surface area contributed by atoms with Gasteiger partial charge in [0.2, 0.25) is 0 Å².